The van der Waals surface area contributed by atoms with E-state index in [1.807, 2.05) is 45.9 Å². The van der Waals surface area contributed by atoms with Gasteiger partial charge < -0.3 is 14.2 Å². The van der Waals surface area contributed by atoms with Crippen LogP contribution in [0.15, 0.2) is 36.1 Å². The first kappa shape index (κ1) is 15.0. The highest BCUT2D eigenvalue weighted by molar-refractivity contribution is 5.26. The first-order chi connectivity index (χ1) is 8.62. The third-order valence-electron chi connectivity index (χ3n) is 2.68. The topological polar surface area (TPSA) is 27.7 Å². The van der Waals surface area contributed by atoms with Gasteiger partial charge in [0.1, 0.15) is 5.60 Å². The molecule has 2 unspecified atom stereocenters. The van der Waals surface area contributed by atoms with Crippen molar-refractivity contribution >= 4 is 0 Å². The quantitative estimate of drug-likeness (QED) is 0.512. The van der Waals surface area contributed by atoms with E-state index in [0.717, 1.165) is 12.2 Å². The van der Waals surface area contributed by atoms with Gasteiger partial charge in [0, 0.05) is 19.6 Å². The molecule has 0 heterocycles. The summed E-state index contributed by atoms with van der Waals surface area (Å²) in [6.07, 6.45) is 10.8. The summed E-state index contributed by atoms with van der Waals surface area (Å²) in [7, 11) is 0. The summed E-state index contributed by atoms with van der Waals surface area (Å²) in [5.41, 5.74) is -0.375. The van der Waals surface area contributed by atoms with Crippen LogP contribution >= 0.6 is 0 Å². The fraction of sp³-hybridized carbons (Fsp3) is 0.600. The second-order valence-corrected chi connectivity index (χ2v) is 4.28. The molecule has 0 aromatic heterocycles. The van der Waals surface area contributed by atoms with Crippen LogP contribution in [0.2, 0.25) is 0 Å². The molecule has 0 aliphatic heterocycles. The third kappa shape index (κ3) is 4.67. The Balaban J connectivity index is 2.69. The van der Waals surface area contributed by atoms with Crippen LogP contribution in [0.3, 0.4) is 0 Å². The minimum atomic E-state index is -0.375. The zero-order valence-corrected chi connectivity index (χ0v) is 11.8. The predicted molar refractivity (Wildman–Crippen MR) is 73.2 cm³/mol. The normalized spacial score (nSPS) is 25.2. The molecule has 0 fully saturated rings. The Kier molecular flexibility index (Phi) is 6.16. The maximum Gasteiger partial charge on any atom is 0.196 e. The van der Waals surface area contributed by atoms with Crippen LogP contribution in [0.1, 0.15) is 34.1 Å². The van der Waals surface area contributed by atoms with Crippen LogP contribution in [0.4, 0.5) is 0 Å². The summed E-state index contributed by atoms with van der Waals surface area (Å²) in [4.78, 5) is 0. The average molecular weight is 252 g/mol. The molecule has 0 amide bonds. The van der Waals surface area contributed by atoms with Gasteiger partial charge in [0.05, 0.1) is 5.76 Å². The van der Waals surface area contributed by atoms with Crippen molar-refractivity contribution in [2.75, 3.05) is 13.2 Å². The zero-order chi connectivity index (χ0) is 13.4. The van der Waals surface area contributed by atoms with Crippen molar-refractivity contribution in [2.24, 2.45) is 0 Å². The van der Waals surface area contributed by atoms with Crippen molar-refractivity contribution in [1.82, 2.24) is 0 Å². The molecular weight excluding hydrogens is 228 g/mol. The van der Waals surface area contributed by atoms with Crippen molar-refractivity contribution < 1.29 is 14.2 Å². The lowest BCUT2D eigenvalue weighted by atomic mass is 9.94. The van der Waals surface area contributed by atoms with Crippen LogP contribution in [0, 0.1) is 0 Å². The zero-order valence-electron chi connectivity index (χ0n) is 11.8. The molecular formula is C15H24O3. The molecule has 102 valence electrons. The van der Waals surface area contributed by atoms with Crippen molar-refractivity contribution in [3.8, 4) is 0 Å². The standard InChI is InChI=1S/C15H24O3/c1-5-16-14(4)18-13(3)12-15(17-6-2)10-8-7-9-11-15/h7-10,12,14H,5-6,11H2,1-4H3. The van der Waals surface area contributed by atoms with Gasteiger partial charge in [-0.05, 0) is 39.8 Å². The smallest absolute Gasteiger partial charge is 0.196 e. The van der Waals surface area contributed by atoms with Crippen molar-refractivity contribution in [2.45, 2.75) is 46.0 Å². The SMILES string of the molecule is CCOC(C)OC(C)=CC1(OCC)C=CC=CC1. The molecule has 3 heteroatoms. The molecule has 3 nitrogen and oxygen atoms in total. The first-order valence-electron chi connectivity index (χ1n) is 6.58. The number of hydrogen-bond donors (Lipinski definition) is 0. The fourth-order valence-corrected chi connectivity index (χ4v) is 2.05. The van der Waals surface area contributed by atoms with Crippen LogP contribution in [-0.2, 0) is 14.2 Å². The maximum absolute atomic E-state index is 5.85. The van der Waals surface area contributed by atoms with Crippen molar-refractivity contribution in [1.29, 1.82) is 0 Å². The first-order valence-corrected chi connectivity index (χ1v) is 6.58. The summed E-state index contributed by atoms with van der Waals surface area (Å²) < 4.78 is 16.9. The minimum Gasteiger partial charge on any atom is -0.470 e. The molecule has 1 aliphatic rings. The Morgan fingerprint density at radius 2 is 2.11 bits per heavy atom. The number of ether oxygens (including phenoxy) is 3. The highest BCUT2D eigenvalue weighted by Crippen LogP contribution is 2.26. The number of allylic oxidation sites excluding steroid dienone is 3. The molecule has 1 aliphatic carbocycles. The summed E-state index contributed by atoms with van der Waals surface area (Å²) >= 11 is 0. The van der Waals surface area contributed by atoms with Gasteiger partial charge in [0.2, 0.25) is 0 Å². The van der Waals surface area contributed by atoms with Gasteiger partial charge in [-0.3, -0.25) is 0 Å². The Bertz CT molecular complexity index is 331. The summed E-state index contributed by atoms with van der Waals surface area (Å²) in [5.74, 6) is 0.823. The Morgan fingerprint density at radius 3 is 2.67 bits per heavy atom. The molecule has 1 rings (SSSR count). The summed E-state index contributed by atoms with van der Waals surface area (Å²) in [6, 6.07) is 0. The molecule has 0 aromatic rings. The lowest BCUT2D eigenvalue weighted by molar-refractivity contribution is -0.100. The van der Waals surface area contributed by atoms with Crippen LogP contribution in [0.5, 0.6) is 0 Å². The molecule has 0 spiro atoms. The van der Waals surface area contributed by atoms with Crippen LogP contribution in [-0.4, -0.2) is 25.1 Å². The second kappa shape index (κ2) is 7.39. The van der Waals surface area contributed by atoms with Gasteiger partial charge in [-0.1, -0.05) is 18.2 Å². The van der Waals surface area contributed by atoms with E-state index < -0.39 is 0 Å². The van der Waals surface area contributed by atoms with E-state index >= 15 is 0 Å². The highest BCUT2D eigenvalue weighted by Gasteiger charge is 2.25. The van der Waals surface area contributed by atoms with Crippen molar-refractivity contribution in [3.63, 3.8) is 0 Å². The van der Waals surface area contributed by atoms with E-state index in [9.17, 15) is 0 Å². The van der Waals surface area contributed by atoms with E-state index in [1.165, 1.54) is 0 Å². The molecule has 0 N–H and O–H groups in total. The molecule has 2 atom stereocenters. The summed E-state index contributed by atoms with van der Waals surface area (Å²) in [5, 5.41) is 0. The van der Waals surface area contributed by atoms with Crippen LogP contribution in [0.25, 0.3) is 0 Å². The lowest BCUT2D eigenvalue weighted by Crippen LogP contribution is -2.29. The number of rotatable bonds is 7. The van der Waals surface area contributed by atoms with Gasteiger partial charge >= 0.3 is 0 Å². The van der Waals surface area contributed by atoms with E-state index in [2.05, 4.69) is 12.2 Å². The largest absolute Gasteiger partial charge is 0.470 e. The average Bonchev–Trinajstić information content (AvgIpc) is 2.30. The van der Waals surface area contributed by atoms with Gasteiger partial charge in [-0.2, -0.15) is 0 Å². The van der Waals surface area contributed by atoms with Gasteiger partial charge in [0.15, 0.2) is 6.29 Å². The Hall–Kier alpha value is -1.06. The van der Waals surface area contributed by atoms with Gasteiger partial charge in [0.25, 0.3) is 0 Å². The predicted octanol–water partition coefficient (Wildman–Crippen LogP) is 3.58. The van der Waals surface area contributed by atoms with E-state index in [0.29, 0.717) is 13.2 Å². The highest BCUT2D eigenvalue weighted by atomic mass is 16.7. The lowest BCUT2D eigenvalue weighted by Gasteiger charge is -2.29. The Morgan fingerprint density at radius 1 is 1.33 bits per heavy atom. The second-order valence-electron chi connectivity index (χ2n) is 4.28. The number of hydrogen-bond acceptors (Lipinski definition) is 3. The van der Waals surface area contributed by atoms with E-state index in [1.54, 1.807) is 0 Å². The van der Waals surface area contributed by atoms with Crippen molar-refractivity contribution in [3.05, 3.63) is 36.1 Å². The summed E-state index contributed by atoms with van der Waals surface area (Å²) in [6.45, 7) is 9.10. The van der Waals surface area contributed by atoms with Gasteiger partial charge in [-0.25, -0.2) is 0 Å². The third-order valence-corrected chi connectivity index (χ3v) is 2.68. The van der Waals surface area contributed by atoms with Crippen LogP contribution < -0.4 is 0 Å². The molecule has 0 radical (unpaired) electrons. The molecule has 0 saturated carbocycles. The molecule has 18 heavy (non-hydrogen) atoms. The molecule has 0 saturated heterocycles. The minimum absolute atomic E-state index is 0.229. The van der Waals surface area contributed by atoms with E-state index in [4.69, 9.17) is 14.2 Å². The fourth-order valence-electron chi connectivity index (χ4n) is 2.05. The maximum atomic E-state index is 5.85. The monoisotopic (exact) mass is 252 g/mol. The molecule has 0 aromatic carbocycles. The van der Waals surface area contributed by atoms with Gasteiger partial charge in [-0.15, -0.1) is 0 Å². The van der Waals surface area contributed by atoms with E-state index in [-0.39, 0.29) is 11.9 Å². The molecule has 0 bridgehead atoms. The Labute approximate surface area is 110 Å².